The SMILES string of the molecule is COC(=O)C(Cc1ccc(O)cc1)NC(=O)c1ccc(C#N)cc1. The molecule has 0 aliphatic carbocycles. The van der Waals surface area contributed by atoms with Crippen LogP contribution in [0.4, 0.5) is 0 Å². The maximum atomic E-state index is 12.3. The molecule has 0 bridgehead atoms. The standard InChI is InChI=1S/C18H16N2O4/c1-24-18(23)16(10-12-4-8-15(21)9-5-12)20-17(22)14-6-2-13(11-19)3-7-14/h2-9,16,21H,10H2,1H3,(H,20,22). The number of hydrogen-bond donors (Lipinski definition) is 2. The third-order valence-corrected chi connectivity index (χ3v) is 3.44. The zero-order chi connectivity index (χ0) is 17.5. The summed E-state index contributed by atoms with van der Waals surface area (Å²) in [7, 11) is 1.25. The predicted molar refractivity (Wildman–Crippen MR) is 86.2 cm³/mol. The second kappa shape index (κ2) is 7.79. The molecule has 0 spiro atoms. The summed E-state index contributed by atoms with van der Waals surface area (Å²) in [4.78, 5) is 24.2. The number of aromatic hydroxyl groups is 1. The Hall–Kier alpha value is -3.33. The second-order valence-electron chi connectivity index (χ2n) is 5.11. The number of nitrogens with one attached hydrogen (secondary N) is 1. The van der Waals surface area contributed by atoms with Crippen molar-refractivity contribution in [3.05, 3.63) is 65.2 Å². The average Bonchev–Trinajstić information content (AvgIpc) is 2.62. The number of amides is 1. The summed E-state index contributed by atoms with van der Waals surface area (Å²) in [6, 6.07) is 13.6. The number of benzene rings is 2. The number of hydrogen-bond acceptors (Lipinski definition) is 5. The van der Waals surface area contributed by atoms with E-state index in [9.17, 15) is 14.7 Å². The van der Waals surface area contributed by atoms with Crippen molar-refractivity contribution >= 4 is 11.9 Å². The Labute approximate surface area is 139 Å². The van der Waals surface area contributed by atoms with Crippen molar-refractivity contribution in [2.24, 2.45) is 0 Å². The molecule has 0 aromatic heterocycles. The Balaban J connectivity index is 2.12. The lowest BCUT2D eigenvalue weighted by molar-refractivity contribution is -0.142. The number of carbonyl (C=O) groups excluding carboxylic acids is 2. The quantitative estimate of drug-likeness (QED) is 0.817. The molecule has 0 saturated carbocycles. The minimum Gasteiger partial charge on any atom is -0.508 e. The van der Waals surface area contributed by atoms with Gasteiger partial charge in [0.1, 0.15) is 11.8 Å². The lowest BCUT2D eigenvalue weighted by Crippen LogP contribution is -2.43. The molecule has 2 N–H and O–H groups in total. The van der Waals surface area contributed by atoms with Crippen LogP contribution in [0.5, 0.6) is 5.75 Å². The molecule has 2 aromatic carbocycles. The van der Waals surface area contributed by atoms with Crippen molar-refractivity contribution in [2.45, 2.75) is 12.5 Å². The van der Waals surface area contributed by atoms with Crippen LogP contribution in [0.2, 0.25) is 0 Å². The number of ether oxygens (including phenoxy) is 1. The number of nitriles is 1. The van der Waals surface area contributed by atoms with Crippen molar-refractivity contribution in [2.75, 3.05) is 7.11 Å². The van der Waals surface area contributed by atoms with Crippen LogP contribution in [-0.2, 0) is 16.0 Å². The normalized spacial score (nSPS) is 11.2. The van der Waals surface area contributed by atoms with E-state index in [2.05, 4.69) is 5.32 Å². The van der Waals surface area contributed by atoms with Gasteiger partial charge in [0.05, 0.1) is 18.7 Å². The Kier molecular flexibility index (Phi) is 5.53. The fourth-order valence-corrected chi connectivity index (χ4v) is 2.14. The lowest BCUT2D eigenvalue weighted by atomic mass is 10.0. The number of nitrogens with zero attached hydrogens (tertiary/aromatic N) is 1. The van der Waals surface area contributed by atoms with Gasteiger partial charge in [-0.3, -0.25) is 4.79 Å². The summed E-state index contributed by atoms with van der Waals surface area (Å²) in [5, 5.41) is 20.7. The van der Waals surface area contributed by atoms with Crippen LogP contribution in [-0.4, -0.2) is 30.1 Å². The number of methoxy groups -OCH3 is 1. The van der Waals surface area contributed by atoms with E-state index in [1.165, 1.54) is 43.5 Å². The van der Waals surface area contributed by atoms with Gasteiger partial charge in [-0.15, -0.1) is 0 Å². The van der Waals surface area contributed by atoms with Crippen LogP contribution >= 0.6 is 0 Å². The molecule has 24 heavy (non-hydrogen) atoms. The van der Waals surface area contributed by atoms with Gasteiger partial charge in [0.25, 0.3) is 5.91 Å². The highest BCUT2D eigenvalue weighted by atomic mass is 16.5. The molecular formula is C18H16N2O4. The van der Waals surface area contributed by atoms with Gasteiger partial charge in [-0.05, 0) is 42.0 Å². The first-order chi connectivity index (χ1) is 11.5. The van der Waals surface area contributed by atoms with Crippen molar-refractivity contribution < 1.29 is 19.4 Å². The van der Waals surface area contributed by atoms with E-state index in [1.807, 2.05) is 6.07 Å². The molecule has 0 aliphatic heterocycles. The maximum Gasteiger partial charge on any atom is 0.328 e. The molecule has 2 aromatic rings. The zero-order valence-corrected chi connectivity index (χ0v) is 13.0. The highest BCUT2D eigenvalue weighted by Crippen LogP contribution is 2.12. The van der Waals surface area contributed by atoms with E-state index in [4.69, 9.17) is 10.00 Å². The smallest absolute Gasteiger partial charge is 0.328 e. The summed E-state index contributed by atoms with van der Waals surface area (Å²) < 4.78 is 4.74. The van der Waals surface area contributed by atoms with Gasteiger partial charge >= 0.3 is 5.97 Å². The minimum atomic E-state index is -0.859. The number of rotatable bonds is 5. The number of phenols is 1. The van der Waals surface area contributed by atoms with Crippen LogP contribution in [0.15, 0.2) is 48.5 Å². The molecule has 6 heteroatoms. The van der Waals surface area contributed by atoms with Crippen LogP contribution in [0, 0.1) is 11.3 Å². The Morgan fingerprint density at radius 1 is 1.17 bits per heavy atom. The van der Waals surface area contributed by atoms with E-state index in [0.717, 1.165) is 5.56 Å². The molecule has 1 atom stereocenters. The van der Waals surface area contributed by atoms with Crippen molar-refractivity contribution in [3.8, 4) is 11.8 Å². The Bertz CT molecular complexity index is 761. The minimum absolute atomic E-state index is 0.120. The first-order valence-electron chi connectivity index (χ1n) is 7.20. The Morgan fingerprint density at radius 2 is 1.79 bits per heavy atom. The summed E-state index contributed by atoms with van der Waals surface area (Å²) >= 11 is 0. The Morgan fingerprint density at radius 3 is 2.33 bits per heavy atom. The van der Waals surface area contributed by atoms with Crippen molar-refractivity contribution in [3.63, 3.8) is 0 Å². The molecule has 0 radical (unpaired) electrons. The topological polar surface area (TPSA) is 99.4 Å². The van der Waals surface area contributed by atoms with Crippen LogP contribution in [0.25, 0.3) is 0 Å². The average molecular weight is 324 g/mol. The van der Waals surface area contributed by atoms with Gasteiger partial charge in [-0.2, -0.15) is 5.26 Å². The molecule has 0 heterocycles. The highest BCUT2D eigenvalue weighted by Gasteiger charge is 2.22. The predicted octanol–water partition coefficient (Wildman–Crippen LogP) is 1.78. The van der Waals surface area contributed by atoms with Gasteiger partial charge in [-0.25, -0.2) is 4.79 Å². The first-order valence-corrected chi connectivity index (χ1v) is 7.20. The summed E-state index contributed by atoms with van der Waals surface area (Å²) in [5.74, 6) is -0.881. The summed E-state index contributed by atoms with van der Waals surface area (Å²) in [5.41, 5.74) is 1.55. The highest BCUT2D eigenvalue weighted by molar-refractivity contribution is 5.96. The van der Waals surface area contributed by atoms with E-state index in [1.54, 1.807) is 12.1 Å². The van der Waals surface area contributed by atoms with Crippen LogP contribution < -0.4 is 5.32 Å². The van der Waals surface area contributed by atoms with Gasteiger partial charge in [0, 0.05) is 12.0 Å². The molecular weight excluding hydrogens is 308 g/mol. The first kappa shape index (κ1) is 17.0. The van der Waals surface area contributed by atoms with Crippen LogP contribution in [0.1, 0.15) is 21.5 Å². The maximum absolute atomic E-state index is 12.3. The third-order valence-electron chi connectivity index (χ3n) is 3.44. The van der Waals surface area contributed by atoms with E-state index < -0.39 is 17.9 Å². The van der Waals surface area contributed by atoms with E-state index >= 15 is 0 Å². The van der Waals surface area contributed by atoms with Gasteiger partial charge in [0.15, 0.2) is 0 Å². The monoisotopic (exact) mass is 324 g/mol. The molecule has 1 unspecified atom stereocenters. The molecule has 0 aliphatic rings. The molecule has 0 saturated heterocycles. The largest absolute Gasteiger partial charge is 0.508 e. The summed E-state index contributed by atoms with van der Waals surface area (Å²) in [6.07, 6.45) is 0.231. The lowest BCUT2D eigenvalue weighted by Gasteiger charge is -2.16. The molecule has 0 fully saturated rings. The van der Waals surface area contributed by atoms with Gasteiger partial charge in [0.2, 0.25) is 0 Å². The fourth-order valence-electron chi connectivity index (χ4n) is 2.14. The summed E-state index contributed by atoms with van der Waals surface area (Å²) in [6.45, 7) is 0. The van der Waals surface area contributed by atoms with Crippen molar-refractivity contribution in [1.82, 2.24) is 5.32 Å². The number of carbonyl (C=O) groups is 2. The van der Waals surface area contributed by atoms with Gasteiger partial charge < -0.3 is 15.2 Å². The number of esters is 1. The van der Waals surface area contributed by atoms with Crippen molar-refractivity contribution in [1.29, 1.82) is 5.26 Å². The molecule has 2 rings (SSSR count). The number of phenolic OH excluding ortho intramolecular Hbond substituents is 1. The molecule has 122 valence electrons. The van der Waals surface area contributed by atoms with E-state index in [0.29, 0.717) is 11.1 Å². The molecule has 1 amide bonds. The third kappa shape index (κ3) is 4.34. The van der Waals surface area contributed by atoms with Crippen LogP contribution in [0.3, 0.4) is 0 Å². The van der Waals surface area contributed by atoms with E-state index in [-0.39, 0.29) is 12.2 Å². The molecule has 6 nitrogen and oxygen atoms in total. The second-order valence-corrected chi connectivity index (χ2v) is 5.11. The van der Waals surface area contributed by atoms with Gasteiger partial charge in [-0.1, -0.05) is 12.1 Å². The zero-order valence-electron chi connectivity index (χ0n) is 13.0. The fraction of sp³-hybridized carbons (Fsp3) is 0.167.